The van der Waals surface area contributed by atoms with Gasteiger partial charge in [-0.25, -0.2) is 0 Å². The minimum Gasteiger partial charge on any atom is -0.356 e. The van der Waals surface area contributed by atoms with Crippen molar-refractivity contribution in [3.8, 4) is 0 Å². The van der Waals surface area contributed by atoms with Gasteiger partial charge in [-0.1, -0.05) is 35.0 Å². The molecule has 6 heteroatoms. The Balaban J connectivity index is 1.34. The Labute approximate surface area is 176 Å². The number of para-hydroxylation sites is 1. The topological polar surface area (TPSA) is 91.2 Å². The molecule has 4 N–H and O–H groups in total. The largest absolute Gasteiger partial charge is 0.356 e. The second-order valence-corrected chi connectivity index (χ2v) is 8.72. The Morgan fingerprint density at radius 1 is 1.13 bits per heavy atom. The first kappa shape index (κ1) is 19.3. The summed E-state index contributed by atoms with van der Waals surface area (Å²) >= 11 is 0. The average molecular weight is 404 g/mol. The van der Waals surface area contributed by atoms with Crippen LogP contribution < -0.4 is 16.0 Å². The van der Waals surface area contributed by atoms with Gasteiger partial charge < -0.3 is 20.5 Å². The second kappa shape index (κ2) is 7.85. The maximum absolute atomic E-state index is 8.62. The van der Waals surface area contributed by atoms with E-state index in [0.717, 1.165) is 54.6 Å². The van der Waals surface area contributed by atoms with Crippen molar-refractivity contribution in [2.45, 2.75) is 51.2 Å². The van der Waals surface area contributed by atoms with Gasteiger partial charge in [-0.15, -0.1) is 0 Å². The summed E-state index contributed by atoms with van der Waals surface area (Å²) in [5, 5.41) is 17.5. The monoisotopic (exact) mass is 403 g/mol. The van der Waals surface area contributed by atoms with Crippen molar-refractivity contribution in [1.29, 1.82) is 5.41 Å². The fourth-order valence-corrected chi connectivity index (χ4v) is 5.12. The molecule has 0 amide bonds. The standard InChI is InChI=1S/C24H29N5O/c1-15-6-11-20-18(12-15)13-27-14-22(25)29(20)24(26)17-9-7-16(8-10-17)23-19-4-2-3-5-21(19)30-28-23/h2-6,11-12,16-17,24-25,27H,7-10,13-14,26H2,1H3. The Hall–Kier alpha value is -2.70. The van der Waals surface area contributed by atoms with Crippen LogP contribution in [0, 0.1) is 18.3 Å². The zero-order valence-electron chi connectivity index (χ0n) is 17.4. The molecule has 2 aromatic carbocycles. The van der Waals surface area contributed by atoms with Gasteiger partial charge in [-0.3, -0.25) is 5.41 Å². The highest BCUT2D eigenvalue weighted by atomic mass is 16.5. The summed E-state index contributed by atoms with van der Waals surface area (Å²) in [6.07, 6.45) is 3.98. The molecule has 2 aliphatic rings. The molecule has 6 nitrogen and oxygen atoms in total. The SMILES string of the molecule is Cc1ccc2c(c1)CNCC(=N)N2C(N)C1CCC(c2noc3ccccc23)CC1. The van der Waals surface area contributed by atoms with Crippen LogP contribution in [0.15, 0.2) is 47.0 Å². The predicted molar refractivity (Wildman–Crippen MR) is 120 cm³/mol. The third-order valence-corrected chi connectivity index (χ3v) is 6.74. The molecule has 0 saturated heterocycles. The lowest BCUT2D eigenvalue weighted by Gasteiger charge is -2.39. The molecule has 1 saturated carbocycles. The second-order valence-electron chi connectivity index (χ2n) is 8.72. The molecular formula is C24H29N5O. The third kappa shape index (κ3) is 3.40. The van der Waals surface area contributed by atoms with Crippen molar-refractivity contribution >= 4 is 22.5 Å². The number of hydrogen-bond acceptors (Lipinski definition) is 5. The number of nitrogens with two attached hydrogens (primary N) is 1. The van der Waals surface area contributed by atoms with Crippen LogP contribution in [-0.4, -0.2) is 23.7 Å². The number of nitrogens with one attached hydrogen (secondary N) is 2. The zero-order chi connectivity index (χ0) is 20.7. The van der Waals surface area contributed by atoms with E-state index in [2.05, 4.69) is 46.6 Å². The number of nitrogens with zero attached hydrogens (tertiary/aromatic N) is 2. The Morgan fingerprint density at radius 2 is 1.93 bits per heavy atom. The molecule has 1 aliphatic heterocycles. The van der Waals surface area contributed by atoms with Crippen molar-refractivity contribution in [3.63, 3.8) is 0 Å². The first-order valence-corrected chi connectivity index (χ1v) is 10.9. The quantitative estimate of drug-likeness (QED) is 0.607. The number of hydrogen-bond donors (Lipinski definition) is 3. The molecule has 1 unspecified atom stereocenters. The molecule has 1 aliphatic carbocycles. The van der Waals surface area contributed by atoms with E-state index in [1.165, 1.54) is 11.1 Å². The van der Waals surface area contributed by atoms with Crippen molar-refractivity contribution in [2.24, 2.45) is 11.7 Å². The summed E-state index contributed by atoms with van der Waals surface area (Å²) in [6.45, 7) is 3.42. The van der Waals surface area contributed by atoms with Gasteiger partial charge in [0.25, 0.3) is 0 Å². The predicted octanol–water partition coefficient (Wildman–Crippen LogP) is 4.28. The molecule has 0 spiro atoms. The van der Waals surface area contributed by atoms with Gasteiger partial charge >= 0.3 is 0 Å². The lowest BCUT2D eigenvalue weighted by molar-refractivity contribution is 0.278. The maximum Gasteiger partial charge on any atom is 0.167 e. The highest BCUT2D eigenvalue weighted by Gasteiger charge is 2.34. The normalized spacial score (nSPS) is 23.3. The van der Waals surface area contributed by atoms with E-state index in [1.54, 1.807) is 0 Å². The van der Waals surface area contributed by atoms with Crippen molar-refractivity contribution < 1.29 is 4.52 Å². The molecule has 1 aromatic heterocycles. The summed E-state index contributed by atoms with van der Waals surface area (Å²) in [4.78, 5) is 2.06. The van der Waals surface area contributed by atoms with E-state index in [0.29, 0.717) is 24.2 Å². The van der Waals surface area contributed by atoms with Crippen LogP contribution in [0.2, 0.25) is 0 Å². The molecule has 1 fully saturated rings. The molecule has 156 valence electrons. The van der Waals surface area contributed by atoms with Gasteiger partial charge in [0.2, 0.25) is 0 Å². The Kier molecular flexibility index (Phi) is 5.05. The molecule has 0 radical (unpaired) electrons. The smallest absolute Gasteiger partial charge is 0.167 e. The van der Waals surface area contributed by atoms with Crippen LogP contribution in [0.25, 0.3) is 11.0 Å². The number of amidine groups is 1. The number of benzene rings is 2. The van der Waals surface area contributed by atoms with Crippen molar-refractivity contribution in [1.82, 2.24) is 10.5 Å². The van der Waals surface area contributed by atoms with Gasteiger partial charge in [-0.05, 0) is 62.3 Å². The van der Waals surface area contributed by atoms with Gasteiger partial charge in [0.05, 0.1) is 18.4 Å². The van der Waals surface area contributed by atoms with Crippen LogP contribution in [0.1, 0.15) is 48.4 Å². The van der Waals surface area contributed by atoms with Gasteiger partial charge in [0, 0.05) is 23.5 Å². The minimum atomic E-state index is -0.186. The Bertz CT molecular complexity index is 1070. The zero-order valence-corrected chi connectivity index (χ0v) is 17.4. The summed E-state index contributed by atoms with van der Waals surface area (Å²) in [5.74, 6) is 1.32. The lowest BCUT2D eigenvalue weighted by atomic mass is 9.78. The highest BCUT2D eigenvalue weighted by molar-refractivity contribution is 5.98. The van der Waals surface area contributed by atoms with Gasteiger partial charge in [-0.2, -0.15) is 0 Å². The number of anilines is 1. The van der Waals surface area contributed by atoms with E-state index >= 15 is 0 Å². The van der Waals surface area contributed by atoms with Crippen LogP contribution >= 0.6 is 0 Å². The van der Waals surface area contributed by atoms with E-state index in [9.17, 15) is 0 Å². The van der Waals surface area contributed by atoms with Crippen LogP contribution in [-0.2, 0) is 6.54 Å². The van der Waals surface area contributed by atoms with Gasteiger partial charge in [0.1, 0.15) is 5.84 Å². The van der Waals surface area contributed by atoms with Crippen molar-refractivity contribution in [3.05, 3.63) is 59.3 Å². The van der Waals surface area contributed by atoms with E-state index < -0.39 is 0 Å². The van der Waals surface area contributed by atoms with Crippen LogP contribution in [0.4, 0.5) is 5.69 Å². The maximum atomic E-state index is 8.62. The molecule has 5 rings (SSSR count). The van der Waals surface area contributed by atoms with E-state index in [4.69, 9.17) is 15.7 Å². The summed E-state index contributed by atoms with van der Waals surface area (Å²) in [7, 11) is 0. The van der Waals surface area contributed by atoms with Crippen LogP contribution in [0.5, 0.6) is 0 Å². The number of aryl methyl sites for hydroxylation is 1. The summed E-state index contributed by atoms with van der Waals surface area (Å²) in [6, 6.07) is 14.5. The number of aromatic nitrogens is 1. The summed E-state index contributed by atoms with van der Waals surface area (Å²) < 4.78 is 5.53. The first-order valence-electron chi connectivity index (χ1n) is 10.9. The van der Waals surface area contributed by atoms with Gasteiger partial charge in [0.15, 0.2) is 5.58 Å². The molecule has 2 heterocycles. The first-order chi connectivity index (χ1) is 14.6. The average Bonchev–Trinajstić information content (AvgIpc) is 3.12. The van der Waals surface area contributed by atoms with Crippen molar-refractivity contribution in [2.75, 3.05) is 11.4 Å². The molecule has 0 bridgehead atoms. The Morgan fingerprint density at radius 3 is 2.77 bits per heavy atom. The number of fused-ring (bicyclic) bond motifs is 2. The number of rotatable bonds is 3. The fourth-order valence-electron chi connectivity index (χ4n) is 5.12. The third-order valence-electron chi connectivity index (χ3n) is 6.74. The molecule has 3 aromatic rings. The molecular weight excluding hydrogens is 374 g/mol. The highest BCUT2D eigenvalue weighted by Crippen LogP contribution is 2.40. The summed E-state index contributed by atoms with van der Waals surface area (Å²) in [5.41, 5.74) is 12.3. The van der Waals surface area contributed by atoms with Crippen LogP contribution in [0.3, 0.4) is 0 Å². The minimum absolute atomic E-state index is 0.186. The van der Waals surface area contributed by atoms with E-state index in [1.807, 2.05) is 18.2 Å². The fraction of sp³-hybridized carbons (Fsp3) is 0.417. The van der Waals surface area contributed by atoms with E-state index in [-0.39, 0.29) is 6.17 Å². The lowest BCUT2D eigenvalue weighted by Crippen LogP contribution is -2.52. The molecule has 1 atom stereocenters. The molecule has 30 heavy (non-hydrogen) atoms.